The van der Waals surface area contributed by atoms with Crippen LogP contribution in [0, 0.1) is 0 Å². The van der Waals surface area contributed by atoms with Gasteiger partial charge in [0, 0.05) is 6.07 Å². The lowest BCUT2D eigenvalue weighted by Gasteiger charge is -2.07. The molecule has 0 aromatic heterocycles. The highest BCUT2D eigenvalue weighted by atomic mass is 16.5. The van der Waals surface area contributed by atoms with Crippen LogP contribution < -0.4 is 14.2 Å². The summed E-state index contributed by atoms with van der Waals surface area (Å²) in [6.07, 6.45) is 1.72. The predicted octanol–water partition coefficient (Wildman–Crippen LogP) is 4.89. The Hall–Kier alpha value is -3.53. The molecule has 0 bridgehead atoms. The average molecular weight is 358 g/mol. The minimum absolute atomic E-state index is 0.137. The first-order valence-electron chi connectivity index (χ1n) is 8.62. The minimum Gasteiger partial charge on any atom is -0.497 e. The van der Waals surface area contributed by atoms with Gasteiger partial charge >= 0.3 is 0 Å². The van der Waals surface area contributed by atoms with Crippen molar-refractivity contribution in [2.24, 2.45) is 0 Å². The van der Waals surface area contributed by atoms with Gasteiger partial charge in [0.15, 0.2) is 5.76 Å². The van der Waals surface area contributed by atoms with E-state index in [4.69, 9.17) is 14.2 Å². The van der Waals surface area contributed by atoms with Gasteiger partial charge in [0.25, 0.3) is 0 Å². The molecule has 0 N–H and O–H groups in total. The summed E-state index contributed by atoms with van der Waals surface area (Å²) in [6.45, 7) is 0.458. The third-order valence-corrected chi connectivity index (χ3v) is 4.28. The van der Waals surface area contributed by atoms with Crippen LogP contribution in [-0.2, 0) is 6.61 Å². The molecule has 4 heteroatoms. The summed E-state index contributed by atoms with van der Waals surface area (Å²) < 4.78 is 16.8. The lowest BCUT2D eigenvalue weighted by atomic mass is 10.1. The highest BCUT2D eigenvalue weighted by molar-refractivity contribution is 6.14. The number of benzene rings is 3. The van der Waals surface area contributed by atoms with Crippen LogP contribution in [0.2, 0.25) is 0 Å². The second kappa shape index (κ2) is 7.38. The standard InChI is InChI=1S/C23H18O4/c1-25-18-9-5-8-17(12-18)13-22-23(24)20-11-10-19(14-21(20)27-22)26-15-16-6-3-2-4-7-16/h2-14H,15H2,1H3/b22-13-. The summed E-state index contributed by atoms with van der Waals surface area (Å²) >= 11 is 0. The molecule has 0 spiro atoms. The van der Waals surface area contributed by atoms with Crippen LogP contribution in [0.15, 0.2) is 78.6 Å². The number of hydrogen-bond donors (Lipinski definition) is 0. The van der Waals surface area contributed by atoms with Crippen molar-refractivity contribution >= 4 is 11.9 Å². The van der Waals surface area contributed by atoms with E-state index in [2.05, 4.69) is 0 Å². The van der Waals surface area contributed by atoms with Crippen molar-refractivity contribution in [3.05, 3.63) is 95.2 Å². The fourth-order valence-electron chi connectivity index (χ4n) is 2.88. The molecule has 1 aliphatic heterocycles. The van der Waals surface area contributed by atoms with E-state index in [9.17, 15) is 4.79 Å². The summed E-state index contributed by atoms with van der Waals surface area (Å²) in [4.78, 5) is 12.6. The van der Waals surface area contributed by atoms with Gasteiger partial charge in [-0.05, 0) is 41.5 Å². The summed E-state index contributed by atoms with van der Waals surface area (Å²) in [5.74, 6) is 2.05. The SMILES string of the molecule is COc1cccc(/C=C2\Oc3cc(OCc4ccccc4)ccc3C2=O)c1. The molecule has 0 aliphatic carbocycles. The van der Waals surface area contributed by atoms with Crippen LogP contribution in [0.3, 0.4) is 0 Å². The molecule has 4 nitrogen and oxygen atoms in total. The van der Waals surface area contributed by atoms with E-state index < -0.39 is 0 Å². The van der Waals surface area contributed by atoms with Crippen LogP contribution in [0.5, 0.6) is 17.2 Å². The maximum absolute atomic E-state index is 12.6. The molecular formula is C23H18O4. The van der Waals surface area contributed by atoms with Crippen molar-refractivity contribution in [2.45, 2.75) is 6.61 Å². The molecule has 3 aromatic carbocycles. The monoisotopic (exact) mass is 358 g/mol. The Morgan fingerprint density at radius 3 is 2.59 bits per heavy atom. The Labute approximate surface area is 157 Å². The highest BCUT2D eigenvalue weighted by Crippen LogP contribution is 2.35. The number of fused-ring (bicyclic) bond motifs is 1. The minimum atomic E-state index is -0.137. The Bertz CT molecular complexity index is 1010. The normalized spacial score (nSPS) is 14.0. The first-order valence-corrected chi connectivity index (χ1v) is 8.62. The van der Waals surface area contributed by atoms with E-state index in [1.807, 2.05) is 54.6 Å². The zero-order valence-electron chi connectivity index (χ0n) is 14.8. The van der Waals surface area contributed by atoms with Gasteiger partial charge in [-0.2, -0.15) is 0 Å². The number of carbonyl (C=O) groups is 1. The van der Waals surface area contributed by atoms with Crippen LogP contribution in [0.1, 0.15) is 21.5 Å². The predicted molar refractivity (Wildman–Crippen MR) is 103 cm³/mol. The molecule has 0 saturated heterocycles. The molecule has 4 rings (SSSR count). The van der Waals surface area contributed by atoms with Crippen LogP contribution in [0.25, 0.3) is 6.08 Å². The molecule has 134 valence electrons. The zero-order valence-corrected chi connectivity index (χ0v) is 14.8. The third-order valence-electron chi connectivity index (χ3n) is 4.28. The van der Waals surface area contributed by atoms with E-state index >= 15 is 0 Å². The Morgan fingerprint density at radius 2 is 1.78 bits per heavy atom. The van der Waals surface area contributed by atoms with Crippen molar-refractivity contribution < 1.29 is 19.0 Å². The highest BCUT2D eigenvalue weighted by Gasteiger charge is 2.27. The average Bonchev–Trinajstić information content (AvgIpc) is 3.02. The van der Waals surface area contributed by atoms with Crippen molar-refractivity contribution in [1.82, 2.24) is 0 Å². The molecule has 3 aromatic rings. The molecule has 1 heterocycles. The van der Waals surface area contributed by atoms with Gasteiger partial charge in [0.2, 0.25) is 5.78 Å². The van der Waals surface area contributed by atoms with Crippen LogP contribution >= 0.6 is 0 Å². The second-order valence-corrected chi connectivity index (χ2v) is 6.15. The van der Waals surface area contributed by atoms with Gasteiger partial charge < -0.3 is 14.2 Å². The number of allylic oxidation sites excluding steroid dienone is 1. The topological polar surface area (TPSA) is 44.8 Å². The maximum Gasteiger partial charge on any atom is 0.231 e. The molecule has 0 fully saturated rings. The number of carbonyl (C=O) groups excluding carboxylic acids is 1. The van der Waals surface area contributed by atoms with Crippen molar-refractivity contribution in [2.75, 3.05) is 7.11 Å². The number of methoxy groups -OCH3 is 1. The Kier molecular flexibility index (Phi) is 4.62. The van der Waals surface area contributed by atoms with Crippen molar-refractivity contribution in [3.8, 4) is 17.2 Å². The van der Waals surface area contributed by atoms with Gasteiger partial charge in [0.1, 0.15) is 23.9 Å². The Morgan fingerprint density at radius 1 is 0.926 bits per heavy atom. The number of ketones is 1. The molecule has 0 amide bonds. The second-order valence-electron chi connectivity index (χ2n) is 6.15. The summed E-state index contributed by atoms with van der Waals surface area (Å²) in [5.41, 5.74) is 2.45. The van der Waals surface area contributed by atoms with Crippen LogP contribution in [-0.4, -0.2) is 12.9 Å². The van der Waals surface area contributed by atoms with Gasteiger partial charge in [0.05, 0.1) is 12.7 Å². The zero-order chi connectivity index (χ0) is 18.6. The maximum atomic E-state index is 12.6. The van der Waals surface area contributed by atoms with Gasteiger partial charge in [-0.15, -0.1) is 0 Å². The number of hydrogen-bond acceptors (Lipinski definition) is 4. The lowest BCUT2D eigenvalue weighted by Crippen LogP contribution is -1.98. The smallest absolute Gasteiger partial charge is 0.231 e. The molecule has 0 saturated carbocycles. The van der Waals surface area contributed by atoms with Gasteiger partial charge in [-0.25, -0.2) is 0 Å². The molecule has 27 heavy (non-hydrogen) atoms. The summed E-state index contributed by atoms with van der Waals surface area (Å²) in [6, 6.07) is 22.7. The first kappa shape index (κ1) is 16.9. The third kappa shape index (κ3) is 3.70. The quantitative estimate of drug-likeness (QED) is 0.609. The molecular weight excluding hydrogens is 340 g/mol. The lowest BCUT2D eigenvalue weighted by molar-refractivity contribution is 0.101. The van der Waals surface area contributed by atoms with E-state index in [0.717, 1.165) is 16.9 Å². The summed E-state index contributed by atoms with van der Waals surface area (Å²) in [5, 5.41) is 0. The largest absolute Gasteiger partial charge is 0.497 e. The van der Waals surface area contributed by atoms with Gasteiger partial charge in [-0.3, -0.25) is 4.79 Å². The number of rotatable bonds is 5. The molecule has 1 aliphatic rings. The molecule has 0 unspecified atom stereocenters. The van der Waals surface area contributed by atoms with Crippen LogP contribution in [0.4, 0.5) is 0 Å². The molecule has 0 atom stereocenters. The van der Waals surface area contributed by atoms with E-state index in [1.165, 1.54) is 0 Å². The molecule has 0 radical (unpaired) electrons. The number of ether oxygens (including phenoxy) is 3. The number of Topliss-reactive ketones (excluding diaryl/α,β-unsaturated/α-hetero) is 1. The van der Waals surface area contributed by atoms with Crippen molar-refractivity contribution in [1.29, 1.82) is 0 Å². The van der Waals surface area contributed by atoms with Gasteiger partial charge in [-0.1, -0.05) is 42.5 Å². The van der Waals surface area contributed by atoms with E-state index in [1.54, 1.807) is 31.4 Å². The summed E-state index contributed by atoms with van der Waals surface area (Å²) in [7, 11) is 1.61. The van der Waals surface area contributed by atoms with E-state index in [0.29, 0.717) is 29.4 Å². The fraction of sp³-hybridized carbons (Fsp3) is 0.0870. The van der Waals surface area contributed by atoms with Crippen molar-refractivity contribution in [3.63, 3.8) is 0 Å². The fourth-order valence-corrected chi connectivity index (χ4v) is 2.88. The Balaban J connectivity index is 1.52. The first-order chi connectivity index (χ1) is 13.2. The van der Waals surface area contributed by atoms with E-state index in [-0.39, 0.29) is 5.78 Å².